The van der Waals surface area contributed by atoms with Crippen LogP contribution in [0.5, 0.6) is 0 Å². The molecule has 3 aliphatic heterocycles. The zero-order valence-electron chi connectivity index (χ0n) is 42.3. The lowest BCUT2D eigenvalue weighted by Crippen LogP contribution is -2.53. The Morgan fingerprint density at radius 2 is 1.42 bits per heavy atom. The zero-order chi connectivity index (χ0) is 52.2. The number of benzene rings is 4. The van der Waals surface area contributed by atoms with Gasteiger partial charge in [0.1, 0.15) is 4.90 Å². The molecule has 4 aliphatic rings. The molecule has 4 aromatic rings. The average molecular weight is 1080 g/mol. The number of piperazine rings is 2. The molecule has 8 rings (SSSR count). The number of carbonyl (C=O) groups excluding carboxylic acids is 1. The minimum atomic E-state index is -6.07. The van der Waals surface area contributed by atoms with Crippen molar-refractivity contribution in [3.8, 4) is 0 Å². The second-order valence-electron chi connectivity index (χ2n) is 21.2. The summed E-state index contributed by atoms with van der Waals surface area (Å²) in [5, 5.41) is 3.78. The van der Waals surface area contributed by atoms with E-state index in [1.54, 1.807) is 12.1 Å². The molecule has 3 heterocycles. The molecule has 396 valence electrons. The largest absolute Gasteiger partial charge is 0.501 e. The van der Waals surface area contributed by atoms with Crippen molar-refractivity contribution in [2.45, 2.75) is 91.1 Å². The number of nitrogens with one attached hydrogen (secondary N) is 2. The van der Waals surface area contributed by atoms with Crippen molar-refractivity contribution in [3.63, 3.8) is 0 Å². The topological polar surface area (TPSA) is 126 Å². The molecule has 0 radical (unpaired) electrons. The molecular formula is C54H69ClF3N7O5S3. The van der Waals surface area contributed by atoms with E-state index in [0.717, 1.165) is 113 Å². The molecule has 3 saturated heterocycles. The number of allylic oxidation sites excluding steroid dienone is 1. The first-order valence-electron chi connectivity index (χ1n) is 25.2. The highest BCUT2D eigenvalue weighted by Gasteiger charge is 2.49. The molecular weight excluding hydrogens is 1020 g/mol. The van der Waals surface area contributed by atoms with Gasteiger partial charge in [-0.05, 0) is 163 Å². The number of sulfone groups is 1. The summed E-state index contributed by atoms with van der Waals surface area (Å²) in [5.74, 6) is -0.633. The van der Waals surface area contributed by atoms with E-state index >= 15 is 0 Å². The van der Waals surface area contributed by atoms with Gasteiger partial charge in [-0.1, -0.05) is 47.5 Å². The minimum absolute atomic E-state index is 0.00719. The Hall–Kier alpha value is -4.14. The van der Waals surface area contributed by atoms with Crippen LogP contribution >= 0.6 is 23.4 Å². The summed E-state index contributed by atoms with van der Waals surface area (Å²) in [6.07, 6.45) is 6.23. The fraction of sp³-hybridized carbons (Fsp3) is 0.500. The summed E-state index contributed by atoms with van der Waals surface area (Å²) in [4.78, 5) is 24.2. The number of rotatable bonds is 16. The van der Waals surface area contributed by atoms with Gasteiger partial charge in [0.25, 0.3) is 25.8 Å². The molecule has 1 spiro atoms. The Morgan fingerprint density at radius 3 is 2.05 bits per heavy atom. The average Bonchev–Trinajstić information content (AvgIpc) is 3.36. The standard InChI is InChI=1S/C54H69ClF3N7O5S3/c1-52(2,3)65-34-30-62(31-35-65)25-21-44(39-71-46-8-6-5-7-9-46)59-49-19-18-47(36-50(49)72(67,68)54(56,57)58)73(69,70)60-51(66)41-12-16-45(17-13-41)64-32-28-63(29-33-64)38-42-37-53(23-26-61(4)27-24-53)22-20-48(42)40-10-14-43(55)15-11-40/h5-19,36,44,59H,20-35,37-39H2,1-4H3,(H,60,66). The van der Waals surface area contributed by atoms with Gasteiger partial charge >= 0.3 is 5.51 Å². The van der Waals surface area contributed by atoms with E-state index in [9.17, 15) is 34.8 Å². The van der Waals surface area contributed by atoms with Gasteiger partial charge in [-0.2, -0.15) is 13.2 Å². The summed E-state index contributed by atoms with van der Waals surface area (Å²) in [5.41, 5.74) is -0.719. The maximum atomic E-state index is 14.3. The maximum absolute atomic E-state index is 14.3. The number of thioether (sulfide) groups is 1. The number of piperidine rings is 1. The number of halogens is 4. The van der Waals surface area contributed by atoms with Crippen molar-refractivity contribution in [2.24, 2.45) is 5.41 Å². The van der Waals surface area contributed by atoms with Gasteiger partial charge in [0.15, 0.2) is 0 Å². The fourth-order valence-corrected chi connectivity index (χ4v) is 13.8. The Bertz CT molecular complexity index is 2790. The van der Waals surface area contributed by atoms with Crippen LogP contribution in [0.3, 0.4) is 0 Å². The normalized spacial score (nSPS) is 19.5. The van der Waals surface area contributed by atoms with Gasteiger partial charge in [-0.3, -0.25) is 14.6 Å². The Balaban J connectivity index is 0.924. The van der Waals surface area contributed by atoms with Crippen LogP contribution in [0.4, 0.5) is 24.5 Å². The summed E-state index contributed by atoms with van der Waals surface area (Å²) >= 11 is 7.75. The highest BCUT2D eigenvalue weighted by molar-refractivity contribution is 7.99. The van der Waals surface area contributed by atoms with Crippen LogP contribution < -0.4 is 14.9 Å². The van der Waals surface area contributed by atoms with Crippen LogP contribution in [0.15, 0.2) is 117 Å². The van der Waals surface area contributed by atoms with Crippen LogP contribution in [0.2, 0.25) is 5.02 Å². The summed E-state index contributed by atoms with van der Waals surface area (Å²) in [6.45, 7) is 16.7. The Labute approximate surface area is 439 Å². The number of amides is 1. The van der Waals surface area contributed by atoms with E-state index in [2.05, 4.69) is 69.8 Å². The predicted octanol–water partition coefficient (Wildman–Crippen LogP) is 9.60. The molecule has 1 amide bonds. The molecule has 73 heavy (non-hydrogen) atoms. The number of alkyl halides is 3. The van der Waals surface area contributed by atoms with Gasteiger partial charge in [0.2, 0.25) is 0 Å². The molecule has 0 saturated carbocycles. The quantitative estimate of drug-likeness (QED) is 0.104. The smallest absolute Gasteiger partial charge is 0.380 e. The molecule has 2 N–H and O–H groups in total. The third kappa shape index (κ3) is 13.8. The molecule has 1 aliphatic carbocycles. The van der Waals surface area contributed by atoms with Gasteiger partial charge in [-0.25, -0.2) is 21.6 Å². The fourth-order valence-electron chi connectivity index (χ4n) is 10.6. The van der Waals surface area contributed by atoms with Crippen LogP contribution in [0.25, 0.3) is 5.57 Å². The van der Waals surface area contributed by atoms with E-state index in [1.807, 2.05) is 47.2 Å². The SMILES string of the molecule is CN1CCC2(CCC(c3ccc(Cl)cc3)=C(CN3CCN(c4ccc(C(=O)NS(=O)(=O)c5ccc(NC(CCN6CCN(C(C)(C)C)CC6)CSc6ccccc6)c(S(=O)(=O)C(F)(F)F)c5)cc4)CC3)C2)CC1. The van der Waals surface area contributed by atoms with Gasteiger partial charge in [-0.15, -0.1) is 11.8 Å². The first-order chi connectivity index (χ1) is 34.6. The summed E-state index contributed by atoms with van der Waals surface area (Å²) in [7, 11) is -8.72. The number of carbonyl (C=O) groups is 1. The molecule has 3 fully saturated rings. The highest BCUT2D eigenvalue weighted by Crippen LogP contribution is 2.49. The van der Waals surface area contributed by atoms with Crippen molar-refractivity contribution < 1.29 is 34.8 Å². The van der Waals surface area contributed by atoms with Crippen molar-refractivity contribution in [3.05, 3.63) is 119 Å². The van der Waals surface area contributed by atoms with Crippen LogP contribution in [-0.4, -0.2) is 151 Å². The van der Waals surface area contributed by atoms with E-state index in [4.69, 9.17) is 11.6 Å². The van der Waals surface area contributed by atoms with Crippen molar-refractivity contribution in [1.82, 2.24) is 24.3 Å². The molecule has 0 aromatic heterocycles. The number of hydrogen-bond acceptors (Lipinski definition) is 12. The number of nitrogens with zero attached hydrogens (tertiary/aromatic N) is 5. The predicted molar refractivity (Wildman–Crippen MR) is 288 cm³/mol. The number of likely N-dealkylation sites (tertiary alicyclic amines) is 1. The van der Waals surface area contributed by atoms with Gasteiger partial charge in [0, 0.05) is 104 Å². The Kier molecular flexibility index (Phi) is 17.4. The summed E-state index contributed by atoms with van der Waals surface area (Å²) in [6, 6.07) is 26.2. The zero-order valence-corrected chi connectivity index (χ0v) is 45.5. The molecule has 0 bridgehead atoms. The van der Waals surface area contributed by atoms with Crippen LogP contribution in [0, 0.1) is 5.41 Å². The lowest BCUT2D eigenvalue weighted by Gasteiger charge is -2.46. The first kappa shape index (κ1) is 55.1. The molecule has 12 nitrogen and oxygen atoms in total. The van der Waals surface area contributed by atoms with Crippen LogP contribution in [-0.2, 0) is 19.9 Å². The molecule has 1 unspecified atom stereocenters. The Morgan fingerprint density at radius 1 is 0.781 bits per heavy atom. The minimum Gasteiger partial charge on any atom is -0.380 e. The number of hydrogen-bond donors (Lipinski definition) is 2. The van der Waals surface area contributed by atoms with Gasteiger partial charge in [0.05, 0.1) is 10.6 Å². The van der Waals surface area contributed by atoms with E-state index in [0.29, 0.717) is 30.2 Å². The first-order valence-corrected chi connectivity index (χ1v) is 29.6. The molecule has 1 atom stereocenters. The van der Waals surface area contributed by atoms with Crippen molar-refractivity contribution in [2.75, 3.05) is 102 Å². The van der Waals surface area contributed by atoms with E-state index in [-0.39, 0.29) is 16.8 Å². The lowest BCUT2D eigenvalue weighted by molar-refractivity contribution is -0.0435. The number of sulfonamides is 1. The second kappa shape index (κ2) is 23.0. The van der Waals surface area contributed by atoms with Crippen LogP contribution in [0.1, 0.15) is 75.2 Å². The number of anilines is 2. The monoisotopic (exact) mass is 1080 g/mol. The van der Waals surface area contributed by atoms with Crippen molar-refractivity contribution in [1.29, 1.82) is 0 Å². The third-order valence-electron chi connectivity index (χ3n) is 15.2. The van der Waals surface area contributed by atoms with E-state index < -0.39 is 47.1 Å². The van der Waals surface area contributed by atoms with E-state index in [1.165, 1.54) is 59.9 Å². The molecule has 19 heteroatoms. The third-order valence-corrected chi connectivity index (χ3v) is 19.5. The second-order valence-corrected chi connectivity index (χ2v) is 26.3. The summed E-state index contributed by atoms with van der Waals surface area (Å²) < 4.78 is 98.9. The van der Waals surface area contributed by atoms with Crippen molar-refractivity contribution >= 4 is 66.1 Å². The maximum Gasteiger partial charge on any atom is 0.501 e. The highest BCUT2D eigenvalue weighted by atomic mass is 35.5. The van der Waals surface area contributed by atoms with Gasteiger partial charge < -0.3 is 20.0 Å². The lowest BCUT2D eigenvalue weighted by atomic mass is 9.65. The molecule has 4 aromatic carbocycles.